The zero-order valence-corrected chi connectivity index (χ0v) is 15.6. The molecular weight excluding hydrogens is 304 g/mol. The quantitative estimate of drug-likeness (QED) is 0.648. The van der Waals surface area contributed by atoms with E-state index < -0.39 is 0 Å². The number of thioether (sulfide) groups is 1. The molecule has 124 valence electrons. The molecular formula is C18H26N4S. The van der Waals surface area contributed by atoms with Crippen molar-refractivity contribution in [3.05, 3.63) is 41.3 Å². The monoisotopic (exact) mass is 330 g/mol. The molecule has 0 fully saturated rings. The van der Waals surface area contributed by atoms with Gasteiger partial charge in [-0.05, 0) is 30.5 Å². The van der Waals surface area contributed by atoms with Crippen molar-refractivity contribution in [2.75, 3.05) is 5.73 Å². The number of aromatic nitrogens is 3. The lowest BCUT2D eigenvalue weighted by Crippen LogP contribution is -2.15. The summed E-state index contributed by atoms with van der Waals surface area (Å²) in [5, 5.41) is 0.877. The highest BCUT2D eigenvalue weighted by Crippen LogP contribution is 2.34. The van der Waals surface area contributed by atoms with Crippen LogP contribution in [-0.4, -0.2) is 15.0 Å². The van der Waals surface area contributed by atoms with Gasteiger partial charge in [-0.15, -0.1) is 0 Å². The van der Waals surface area contributed by atoms with Crippen molar-refractivity contribution in [2.24, 2.45) is 0 Å². The Morgan fingerprint density at radius 2 is 1.78 bits per heavy atom. The first-order valence-electron chi connectivity index (χ1n) is 7.94. The van der Waals surface area contributed by atoms with E-state index >= 15 is 0 Å². The molecule has 1 unspecified atom stereocenters. The van der Waals surface area contributed by atoms with Gasteiger partial charge in [-0.2, -0.15) is 0 Å². The van der Waals surface area contributed by atoms with Gasteiger partial charge in [0.25, 0.3) is 0 Å². The first kappa shape index (κ1) is 17.7. The Bertz CT molecular complexity index is 677. The Labute approximate surface area is 143 Å². The average molecular weight is 331 g/mol. The molecule has 0 spiro atoms. The molecule has 2 rings (SSSR count). The van der Waals surface area contributed by atoms with E-state index in [4.69, 9.17) is 5.73 Å². The number of nitrogens with two attached hydrogens (primary N) is 1. The number of hydrogen-bond donors (Lipinski definition) is 1. The molecule has 2 aromatic heterocycles. The Balaban J connectivity index is 2.25. The summed E-state index contributed by atoms with van der Waals surface area (Å²) in [5.74, 6) is 1.01. The van der Waals surface area contributed by atoms with E-state index in [0.717, 1.165) is 11.4 Å². The Hall–Kier alpha value is -1.62. The molecule has 1 atom stereocenters. The highest BCUT2D eigenvalue weighted by Gasteiger charge is 2.19. The molecule has 0 saturated heterocycles. The summed E-state index contributed by atoms with van der Waals surface area (Å²) in [6.07, 6.45) is 1.88. The SMILES string of the molecule is CC(C)c1ccnc(C(C)Sc2nc(N)cc(C(C)(C)C)n2)c1. The molecule has 0 aromatic carbocycles. The molecule has 0 saturated carbocycles. The van der Waals surface area contributed by atoms with Crippen LogP contribution >= 0.6 is 11.8 Å². The van der Waals surface area contributed by atoms with E-state index in [1.807, 2.05) is 12.3 Å². The van der Waals surface area contributed by atoms with E-state index in [9.17, 15) is 0 Å². The van der Waals surface area contributed by atoms with Crippen LogP contribution in [0.4, 0.5) is 5.82 Å². The van der Waals surface area contributed by atoms with Crippen molar-refractivity contribution in [2.45, 2.75) is 63.3 Å². The summed E-state index contributed by atoms with van der Waals surface area (Å²) in [6.45, 7) is 12.9. The second-order valence-corrected chi connectivity index (χ2v) is 8.45. The van der Waals surface area contributed by atoms with Crippen molar-refractivity contribution < 1.29 is 0 Å². The number of nitrogen functional groups attached to an aromatic ring is 1. The van der Waals surface area contributed by atoms with Gasteiger partial charge in [0.1, 0.15) is 5.82 Å². The predicted octanol–water partition coefficient (Wildman–Crippen LogP) is 4.73. The van der Waals surface area contributed by atoms with Gasteiger partial charge in [0.15, 0.2) is 5.16 Å². The largest absolute Gasteiger partial charge is 0.384 e. The molecule has 0 aliphatic heterocycles. The standard InChI is InChI=1S/C18H26N4S/c1-11(2)13-7-8-20-14(9-13)12(3)23-17-21-15(18(4,5)6)10-16(19)22-17/h7-12H,1-6H3,(H2,19,21,22). The van der Waals surface area contributed by atoms with Crippen LogP contribution in [0.3, 0.4) is 0 Å². The summed E-state index contributed by atoms with van der Waals surface area (Å²) in [4.78, 5) is 13.5. The fourth-order valence-electron chi connectivity index (χ4n) is 2.15. The van der Waals surface area contributed by atoms with Crippen LogP contribution < -0.4 is 5.73 Å². The zero-order chi connectivity index (χ0) is 17.2. The van der Waals surface area contributed by atoms with Crippen LogP contribution in [-0.2, 0) is 5.41 Å². The van der Waals surface area contributed by atoms with Crippen LogP contribution in [0.1, 0.15) is 69.7 Å². The van der Waals surface area contributed by atoms with Gasteiger partial charge in [0, 0.05) is 17.7 Å². The topological polar surface area (TPSA) is 64.7 Å². The summed E-state index contributed by atoms with van der Waals surface area (Å²) in [6, 6.07) is 6.09. The maximum absolute atomic E-state index is 5.95. The van der Waals surface area contributed by atoms with Gasteiger partial charge >= 0.3 is 0 Å². The lowest BCUT2D eigenvalue weighted by atomic mass is 9.92. The normalized spacial score (nSPS) is 13.3. The van der Waals surface area contributed by atoms with Gasteiger partial charge in [0.05, 0.1) is 16.6 Å². The van der Waals surface area contributed by atoms with E-state index in [1.165, 1.54) is 5.56 Å². The number of hydrogen-bond acceptors (Lipinski definition) is 5. The second kappa shape index (κ2) is 6.87. The molecule has 23 heavy (non-hydrogen) atoms. The minimum Gasteiger partial charge on any atom is -0.384 e. The highest BCUT2D eigenvalue weighted by molar-refractivity contribution is 7.99. The maximum Gasteiger partial charge on any atom is 0.190 e. The van der Waals surface area contributed by atoms with Crippen molar-refractivity contribution in [1.82, 2.24) is 15.0 Å². The third-order valence-corrected chi connectivity index (χ3v) is 4.65. The molecule has 0 aliphatic rings. The third kappa shape index (κ3) is 4.67. The van der Waals surface area contributed by atoms with Gasteiger partial charge in [-0.1, -0.05) is 46.4 Å². The van der Waals surface area contributed by atoms with Crippen LogP contribution in [0.25, 0.3) is 0 Å². The number of pyridine rings is 1. The zero-order valence-electron chi connectivity index (χ0n) is 14.8. The highest BCUT2D eigenvalue weighted by atomic mass is 32.2. The summed E-state index contributed by atoms with van der Waals surface area (Å²) >= 11 is 1.60. The summed E-state index contributed by atoms with van der Waals surface area (Å²) in [5.41, 5.74) is 9.21. The first-order valence-corrected chi connectivity index (χ1v) is 8.82. The molecule has 0 amide bonds. The number of rotatable bonds is 4. The van der Waals surface area contributed by atoms with Crippen LogP contribution in [0.15, 0.2) is 29.6 Å². The van der Waals surface area contributed by atoms with Crippen LogP contribution in [0.2, 0.25) is 0 Å². The fraction of sp³-hybridized carbons (Fsp3) is 0.500. The van der Waals surface area contributed by atoms with Gasteiger partial charge in [-0.25, -0.2) is 9.97 Å². The maximum atomic E-state index is 5.95. The molecule has 0 aliphatic carbocycles. The lowest BCUT2D eigenvalue weighted by molar-refractivity contribution is 0.559. The van der Waals surface area contributed by atoms with Crippen LogP contribution in [0.5, 0.6) is 0 Å². The molecule has 2 aromatic rings. The molecule has 5 heteroatoms. The first-order chi connectivity index (χ1) is 10.7. The minimum atomic E-state index is -0.0502. The van der Waals surface area contributed by atoms with Crippen molar-refractivity contribution in [3.63, 3.8) is 0 Å². The van der Waals surface area contributed by atoms with Crippen molar-refractivity contribution >= 4 is 17.6 Å². The molecule has 0 radical (unpaired) electrons. The van der Waals surface area contributed by atoms with Crippen LogP contribution in [0, 0.1) is 0 Å². The van der Waals surface area contributed by atoms with E-state index in [0.29, 0.717) is 16.9 Å². The molecule has 2 N–H and O–H groups in total. The summed E-state index contributed by atoms with van der Waals surface area (Å²) < 4.78 is 0. The van der Waals surface area contributed by atoms with Gasteiger partial charge < -0.3 is 5.73 Å². The Kier molecular flexibility index (Phi) is 5.30. The average Bonchev–Trinajstić information content (AvgIpc) is 2.45. The number of nitrogens with zero attached hydrogens (tertiary/aromatic N) is 3. The van der Waals surface area contributed by atoms with E-state index in [-0.39, 0.29) is 10.7 Å². The number of anilines is 1. The second-order valence-electron chi connectivity index (χ2n) is 7.14. The predicted molar refractivity (Wildman–Crippen MR) is 97.7 cm³/mol. The minimum absolute atomic E-state index is 0.0502. The lowest BCUT2D eigenvalue weighted by Gasteiger charge is -2.19. The van der Waals surface area contributed by atoms with E-state index in [1.54, 1.807) is 11.8 Å². The Morgan fingerprint density at radius 1 is 1.09 bits per heavy atom. The molecule has 2 heterocycles. The van der Waals surface area contributed by atoms with Gasteiger partial charge in [-0.3, -0.25) is 4.98 Å². The summed E-state index contributed by atoms with van der Waals surface area (Å²) in [7, 11) is 0. The van der Waals surface area contributed by atoms with E-state index in [2.05, 4.69) is 68.6 Å². The molecule has 0 bridgehead atoms. The van der Waals surface area contributed by atoms with Crippen molar-refractivity contribution in [3.8, 4) is 0 Å². The molecule has 4 nitrogen and oxygen atoms in total. The van der Waals surface area contributed by atoms with Crippen molar-refractivity contribution in [1.29, 1.82) is 0 Å². The Morgan fingerprint density at radius 3 is 2.39 bits per heavy atom. The van der Waals surface area contributed by atoms with Gasteiger partial charge in [0.2, 0.25) is 0 Å². The fourth-order valence-corrected chi connectivity index (χ4v) is 3.02. The third-order valence-electron chi connectivity index (χ3n) is 3.66. The smallest absolute Gasteiger partial charge is 0.190 e.